The lowest BCUT2D eigenvalue weighted by Gasteiger charge is -2.38. The van der Waals surface area contributed by atoms with Crippen LogP contribution in [-0.4, -0.2) is 50.1 Å². The van der Waals surface area contributed by atoms with Gasteiger partial charge in [-0.3, -0.25) is 4.90 Å². The molecule has 3 aromatic rings. The van der Waals surface area contributed by atoms with Crippen molar-refractivity contribution >= 4 is 17.7 Å². The fourth-order valence-electron chi connectivity index (χ4n) is 5.20. The monoisotopic (exact) mass is 661 g/mol. The van der Waals surface area contributed by atoms with Crippen molar-refractivity contribution in [1.29, 1.82) is 0 Å². The van der Waals surface area contributed by atoms with Crippen LogP contribution in [0.25, 0.3) is 16.8 Å². The van der Waals surface area contributed by atoms with E-state index in [0.717, 1.165) is 18.0 Å². The summed E-state index contributed by atoms with van der Waals surface area (Å²) in [5.74, 6) is -1.68. The summed E-state index contributed by atoms with van der Waals surface area (Å²) in [5, 5.41) is 12.6. The molecule has 0 aliphatic heterocycles. The lowest BCUT2D eigenvalue weighted by atomic mass is 9.93. The lowest BCUT2D eigenvalue weighted by Crippen LogP contribution is -2.50. The quantitative estimate of drug-likeness (QED) is 0.277. The summed E-state index contributed by atoms with van der Waals surface area (Å²) in [5.41, 5.74) is -7.94. The molecule has 0 saturated carbocycles. The van der Waals surface area contributed by atoms with Crippen LogP contribution in [0.5, 0.6) is 5.75 Å². The van der Waals surface area contributed by atoms with Crippen molar-refractivity contribution in [1.82, 2.24) is 14.7 Å². The third-order valence-corrected chi connectivity index (χ3v) is 7.30. The maximum atomic E-state index is 14.7. The van der Waals surface area contributed by atoms with Gasteiger partial charge in [0.05, 0.1) is 17.3 Å². The van der Waals surface area contributed by atoms with Crippen molar-refractivity contribution in [3.63, 3.8) is 0 Å². The maximum absolute atomic E-state index is 14.7. The smallest absolute Gasteiger partial charge is 0.465 e. The summed E-state index contributed by atoms with van der Waals surface area (Å²) in [6.07, 6.45) is -16.8. The van der Waals surface area contributed by atoms with E-state index >= 15 is 0 Å². The second-order valence-electron chi connectivity index (χ2n) is 11.0. The van der Waals surface area contributed by atoms with Crippen LogP contribution in [0, 0.1) is 0 Å². The number of amides is 1. The Morgan fingerprint density at radius 2 is 1.59 bits per heavy atom. The maximum Gasteiger partial charge on any atom is 0.573 e. The van der Waals surface area contributed by atoms with Gasteiger partial charge in [-0.2, -0.15) is 31.4 Å². The Morgan fingerprint density at radius 3 is 2.11 bits per heavy atom. The lowest BCUT2D eigenvalue weighted by molar-refractivity contribution is -0.348. The fraction of sp³-hybridized carbons (Fsp3) is 0.407. The molecule has 1 aromatic heterocycles. The highest BCUT2D eigenvalue weighted by atomic mass is 35.5. The van der Waals surface area contributed by atoms with Crippen LogP contribution in [-0.2, 0) is 12.1 Å². The Kier molecular flexibility index (Phi) is 8.10. The molecular weight excluding hydrogens is 640 g/mol. The second-order valence-corrected chi connectivity index (χ2v) is 11.4. The van der Waals surface area contributed by atoms with Gasteiger partial charge in [0.1, 0.15) is 5.69 Å². The molecule has 17 heteroatoms. The van der Waals surface area contributed by atoms with Crippen LogP contribution >= 0.6 is 11.6 Å². The minimum absolute atomic E-state index is 0.102. The van der Waals surface area contributed by atoms with Gasteiger partial charge in [-0.15, -0.1) is 13.2 Å². The summed E-state index contributed by atoms with van der Waals surface area (Å²) < 4.78 is 139. The highest BCUT2D eigenvalue weighted by molar-refractivity contribution is 6.32. The second kappa shape index (κ2) is 10.7. The highest BCUT2D eigenvalue weighted by Gasteiger charge is 2.73. The zero-order valence-electron chi connectivity index (χ0n) is 22.8. The van der Waals surface area contributed by atoms with Crippen molar-refractivity contribution in [2.75, 3.05) is 0 Å². The van der Waals surface area contributed by atoms with Crippen molar-refractivity contribution in [2.45, 2.75) is 69.6 Å². The Balaban J connectivity index is 1.83. The molecule has 0 fully saturated rings. The van der Waals surface area contributed by atoms with Gasteiger partial charge in [0, 0.05) is 22.9 Å². The molecule has 1 heterocycles. The number of hydrogen-bond donors (Lipinski definition) is 1. The standard InChI is InChI=1S/C27H22ClF10N3O3/c1-23(2,3)41(22(42)43)19-7-6-13-4-5-14(8-17(13)19)15-11-39-40(12-15)21-18(28)9-16(10-20(21)44-27(36,37)38)24(29,25(30,31)32)26(33,34)35/h4-5,8-12,19H,6-7H2,1-3H3,(H,42,43). The molecule has 0 bridgehead atoms. The number of halogens is 11. The van der Waals surface area contributed by atoms with Crippen LogP contribution in [0.1, 0.15) is 49.9 Å². The van der Waals surface area contributed by atoms with Crippen molar-refractivity contribution < 1.29 is 58.5 Å². The molecule has 240 valence electrons. The molecule has 0 radical (unpaired) electrons. The predicted octanol–water partition coefficient (Wildman–Crippen LogP) is 9.15. The number of nitrogens with zero attached hydrogens (tertiary/aromatic N) is 3. The van der Waals surface area contributed by atoms with E-state index in [-0.39, 0.29) is 17.7 Å². The first-order chi connectivity index (χ1) is 20.0. The summed E-state index contributed by atoms with van der Waals surface area (Å²) in [6.45, 7) is 5.16. The van der Waals surface area contributed by atoms with Crippen LogP contribution in [0.3, 0.4) is 0 Å². The minimum Gasteiger partial charge on any atom is -0.465 e. The molecule has 2 aromatic carbocycles. The minimum atomic E-state index is -6.63. The predicted molar refractivity (Wildman–Crippen MR) is 136 cm³/mol. The van der Waals surface area contributed by atoms with Crippen LogP contribution in [0.15, 0.2) is 42.7 Å². The first-order valence-electron chi connectivity index (χ1n) is 12.6. The molecule has 6 nitrogen and oxygen atoms in total. The van der Waals surface area contributed by atoms with Gasteiger partial charge in [0.2, 0.25) is 0 Å². The van der Waals surface area contributed by atoms with Crippen molar-refractivity contribution in [3.05, 3.63) is 64.4 Å². The number of aromatic nitrogens is 2. The molecule has 1 unspecified atom stereocenters. The molecule has 1 aliphatic rings. The molecule has 1 amide bonds. The van der Waals surface area contributed by atoms with Crippen LogP contribution < -0.4 is 4.74 Å². The topological polar surface area (TPSA) is 67.6 Å². The molecule has 1 N–H and O–H groups in total. The zero-order valence-corrected chi connectivity index (χ0v) is 23.6. The van der Waals surface area contributed by atoms with Gasteiger partial charge in [0.25, 0.3) is 0 Å². The van der Waals surface area contributed by atoms with E-state index in [1.807, 2.05) is 0 Å². The average molecular weight is 662 g/mol. The van der Waals surface area contributed by atoms with Gasteiger partial charge < -0.3 is 9.84 Å². The van der Waals surface area contributed by atoms with E-state index in [1.165, 1.54) is 4.90 Å². The number of carboxylic acid groups (broad SMARTS) is 1. The van der Waals surface area contributed by atoms with E-state index in [0.29, 0.717) is 28.7 Å². The number of alkyl halides is 10. The van der Waals surface area contributed by atoms with Crippen LogP contribution in [0.2, 0.25) is 5.02 Å². The van der Waals surface area contributed by atoms with E-state index in [9.17, 15) is 53.8 Å². The van der Waals surface area contributed by atoms with Gasteiger partial charge >= 0.3 is 30.5 Å². The zero-order chi connectivity index (χ0) is 33.2. The summed E-state index contributed by atoms with van der Waals surface area (Å²) >= 11 is 5.89. The Hall–Kier alpha value is -3.69. The third-order valence-electron chi connectivity index (χ3n) is 7.01. The Labute approximate surface area is 247 Å². The molecular formula is C27H22ClF10N3O3. The van der Waals surface area contributed by atoms with Gasteiger partial charge in [-0.05, 0) is 68.5 Å². The van der Waals surface area contributed by atoms with Crippen molar-refractivity contribution in [3.8, 4) is 22.6 Å². The fourth-order valence-corrected chi connectivity index (χ4v) is 5.49. The molecule has 4 rings (SSSR count). The number of fused-ring (bicyclic) bond motifs is 1. The normalized spacial score (nSPS) is 16.2. The summed E-state index contributed by atoms with van der Waals surface area (Å²) in [4.78, 5) is 13.4. The molecule has 1 aliphatic carbocycles. The first kappa shape index (κ1) is 33.2. The van der Waals surface area contributed by atoms with E-state index in [1.54, 1.807) is 39.0 Å². The first-order valence-corrected chi connectivity index (χ1v) is 13.0. The van der Waals surface area contributed by atoms with Crippen molar-refractivity contribution in [2.24, 2.45) is 0 Å². The molecule has 0 saturated heterocycles. The highest BCUT2D eigenvalue weighted by Crippen LogP contribution is 2.55. The number of aryl methyl sites for hydroxylation is 1. The number of hydrogen-bond acceptors (Lipinski definition) is 3. The number of carbonyl (C=O) groups is 1. The third kappa shape index (κ3) is 6.00. The Bertz CT molecular complexity index is 1560. The largest absolute Gasteiger partial charge is 0.573 e. The molecule has 1 atom stereocenters. The molecule has 0 spiro atoms. The summed E-state index contributed by atoms with van der Waals surface area (Å²) in [7, 11) is 0. The van der Waals surface area contributed by atoms with E-state index in [2.05, 4.69) is 9.84 Å². The summed E-state index contributed by atoms with van der Waals surface area (Å²) in [6, 6.07) is 3.97. The number of rotatable bonds is 5. The number of benzene rings is 2. The number of ether oxygens (including phenoxy) is 1. The SMILES string of the molecule is CC(C)(C)N(C(=O)O)C1CCc2ccc(-c3cnn(-c4c(Cl)cc(C(F)(C(F)(F)F)C(F)(F)F)cc4OC(F)(F)F)c3)cc21. The van der Waals surface area contributed by atoms with E-state index < -0.39 is 64.1 Å². The Morgan fingerprint density at radius 1 is 0.977 bits per heavy atom. The van der Waals surface area contributed by atoms with Gasteiger partial charge in [0.15, 0.2) is 5.75 Å². The molecule has 44 heavy (non-hydrogen) atoms. The van der Waals surface area contributed by atoms with Crippen LogP contribution in [0.4, 0.5) is 48.7 Å². The van der Waals surface area contributed by atoms with Gasteiger partial charge in [-0.25, -0.2) is 13.9 Å². The van der Waals surface area contributed by atoms with E-state index in [4.69, 9.17) is 11.6 Å². The van der Waals surface area contributed by atoms with Gasteiger partial charge in [-0.1, -0.05) is 23.7 Å². The average Bonchev–Trinajstić information content (AvgIpc) is 3.47.